The van der Waals surface area contributed by atoms with Crippen molar-refractivity contribution < 1.29 is 4.39 Å². The fourth-order valence-electron chi connectivity index (χ4n) is 2.17. The van der Waals surface area contributed by atoms with E-state index in [-0.39, 0.29) is 5.82 Å². The minimum absolute atomic E-state index is 0.114. The molecular weight excluding hydrogens is 283 g/mol. The lowest BCUT2D eigenvalue weighted by Gasteiger charge is -2.23. The largest absolute Gasteiger partial charge is 0.315 e. The Labute approximate surface area is 110 Å². The van der Waals surface area contributed by atoms with Crippen molar-refractivity contribution in [3.8, 4) is 0 Å². The second-order valence-corrected chi connectivity index (χ2v) is 5.40. The molecule has 2 N–H and O–H groups in total. The highest BCUT2D eigenvalue weighted by atomic mass is 79.9. The lowest BCUT2D eigenvalue weighted by molar-refractivity contribution is 0.391. The van der Waals surface area contributed by atoms with E-state index in [9.17, 15) is 4.39 Å². The Morgan fingerprint density at radius 3 is 3.12 bits per heavy atom. The van der Waals surface area contributed by atoms with Crippen molar-refractivity contribution in [2.24, 2.45) is 0 Å². The van der Waals surface area contributed by atoms with Crippen LogP contribution in [0.15, 0.2) is 22.7 Å². The molecule has 0 saturated carbocycles. The molecule has 0 bridgehead atoms. The third-order valence-corrected chi connectivity index (χ3v) is 3.63. The van der Waals surface area contributed by atoms with Gasteiger partial charge in [-0.05, 0) is 56.1 Å². The molecule has 1 aromatic carbocycles. The van der Waals surface area contributed by atoms with Crippen molar-refractivity contribution >= 4 is 15.9 Å². The number of piperidine rings is 1. The van der Waals surface area contributed by atoms with Gasteiger partial charge in [0.25, 0.3) is 0 Å². The predicted molar refractivity (Wildman–Crippen MR) is 71.7 cm³/mol. The molecular formula is C13H18BrFN2. The minimum atomic E-state index is -0.114. The minimum Gasteiger partial charge on any atom is -0.315 e. The molecule has 2 rings (SSSR count). The van der Waals surface area contributed by atoms with Crippen LogP contribution < -0.4 is 10.6 Å². The normalized spacial score (nSPS) is 20.5. The Hall–Kier alpha value is -0.450. The quantitative estimate of drug-likeness (QED) is 0.893. The molecule has 0 spiro atoms. The molecule has 1 aromatic rings. The molecule has 4 heteroatoms. The molecule has 1 aliphatic rings. The van der Waals surface area contributed by atoms with Gasteiger partial charge in [0, 0.05) is 17.1 Å². The Morgan fingerprint density at radius 2 is 2.35 bits per heavy atom. The standard InChI is InChI=1S/C13H18BrFN2/c14-11-3-4-13(15)10(8-11)5-7-17-12-2-1-6-16-9-12/h3-4,8,12,16-17H,1-2,5-7,9H2. The Kier molecular flexibility index (Phi) is 4.95. The highest BCUT2D eigenvalue weighted by Gasteiger charge is 2.11. The fraction of sp³-hybridized carbons (Fsp3) is 0.538. The molecule has 0 amide bonds. The summed E-state index contributed by atoms with van der Waals surface area (Å²) < 4.78 is 14.4. The van der Waals surface area contributed by atoms with Crippen LogP contribution in [0.2, 0.25) is 0 Å². The zero-order chi connectivity index (χ0) is 12.1. The number of hydrogen-bond donors (Lipinski definition) is 2. The molecule has 0 aliphatic carbocycles. The molecule has 1 heterocycles. The Bertz CT molecular complexity index is 364. The molecule has 1 fully saturated rings. The van der Waals surface area contributed by atoms with Crippen LogP contribution in [0.3, 0.4) is 0 Å². The summed E-state index contributed by atoms with van der Waals surface area (Å²) in [4.78, 5) is 0. The van der Waals surface area contributed by atoms with Crippen LogP contribution in [0.1, 0.15) is 18.4 Å². The lowest BCUT2D eigenvalue weighted by atomic mass is 10.1. The number of halogens is 2. The maximum Gasteiger partial charge on any atom is 0.126 e. The van der Waals surface area contributed by atoms with E-state index < -0.39 is 0 Å². The first kappa shape index (κ1) is 13.0. The lowest BCUT2D eigenvalue weighted by Crippen LogP contribution is -2.43. The van der Waals surface area contributed by atoms with Gasteiger partial charge < -0.3 is 10.6 Å². The molecule has 1 atom stereocenters. The SMILES string of the molecule is Fc1ccc(Br)cc1CCNC1CCCNC1. The summed E-state index contributed by atoms with van der Waals surface area (Å²) in [5.74, 6) is -0.114. The van der Waals surface area contributed by atoms with Gasteiger partial charge in [0.2, 0.25) is 0 Å². The topological polar surface area (TPSA) is 24.1 Å². The van der Waals surface area contributed by atoms with Crippen LogP contribution >= 0.6 is 15.9 Å². The molecule has 0 radical (unpaired) electrons. The Morgan fingerprint density at radius 1 is 1.47 bits per heavy atom. The molecule has 94 valence electrons. The van der Waals surface area contributed by atoms with Crippen molar-refractivity contribution in [1.82, 2.24) is 10.6 Å². The van der Waals surface area contributed by atoms with Gasteiger partial charge in [-0.25, -0.2) is 4.39 Å². The van der Waals surface area contributed by atoms with Crippen LogP contribution in [0.4, 0.5) is 4.39 Å². The van der Waals surface area contributed by atoms with Crippen molar-refractivity contribution in [3.05, 3.63) is 34.1 Å². The van der Waals surface area contributed by atoms with E-state index in [1.165, 1.54) is 18.9 Å². The number of rotatable bonds is 4. The van der Waals surface area contributed by atoms with E-state index in [4.69, 9.17) is 0 Å². The van der Waals surface area contributed by atoms with Gasteiger partial charge in [-0.2, -0.15) is 0 Å². The summed E-state index contributed by atoms with van der Waals surface area (Å²) in [6.07, 6.45) is 3.18. The first-order valence-electron chi connectivity index (χ1n) is 6.14. The van der Waals surface area contributed by atoms with Gasteiger partial charge in [0.1, 0.15) is 5.82 Å². The molecule has 1 unspecified atom stereocenters. The van der Waals surface area contributed by atoms with Gasteiger partial charge in [-0.1, -0.05) is 15.9 Å². The first-order chi connectivity index (χ1) is 8.25. The summed E-state index contributed by atoms with van der Waals surface area (Å²) >= 11 is 3.37. The van der Waals surface area contributed by atoms with Gasteiger partial charge in [0.15, 0.2) is 0 Å². The summed E-state index contributed by atoms with van der Waals surface area (Å²) in [6, 6.07) is 5.65. The summed E-state index contributed by atoms with van der Waals surface area (Å²) in [6.45, 7) is 2.99. The second-order valence-electron chi connectivity index (χ2n) is 4.48. The van der Waals surface area contributed by atoms with E-state index in [1.807, 2.05) is 6.07 Å². The maximum absolute atomic E-state index is 13.5. The van der Waals surface area contributed by atoms with Crippen LogP contribution in [-0.4, -0.2) is 25.7 Å². The average Bonchev–Trinajstić information content (AvgIpc) is 2.35. The third-order valence-electron chi connectivity index (χ3n) is 3.13. The second kappa shape index (κ2) is 6.47. The van der Waals surface area contributed by atoms with Crippen LogP contribution in [-0.2, 0) is 6.42 Å². The van der Waals surface area contributed by atoms with Crippen LogP contribution in [0.5, 0.6) is 0 Å². The van der Waals surface area contributed by atoms with Crippen molar-refractivity contribution in [2.75, 3.05) is 19.6 Å². The van der Waals surface area contributed by atoms with Crippen LogP contribution in [0.25, 0.3) is 0 Å². The van der Waals surface area contributed by atoms with E-state index in [2.05, 4.69) is 26.6 Å². The van der Waals surface area contributed by atoms with Gasteiger partial charge in [0.05, 0.1) is 0 Å². The zero-order valence-corrected chi connectivity index (χ0v) is 11.4. The van der Waals surface area contributed by atoms with E-state index in [1.54, 1.807) is 6.07 Å². The molecule has 17 heavy (non-hydrogen) atoms. The van der Waals surface area contributed by atoms with Gasteiger partial charge in [-0.15, -0.1) is 0 Å². The molecule has 2 nitrogen and oxygen atoms in total. The smallest absolute Gasteiger partial charge is 0.126 e. The van der Waals surface area contributed by atoms with Crippen molar-refractivity contribution in [1.29, 1.82) is 0 Å². The Balaban J connectivity index is 1.79. The van der Waals surface area contributed by atoms with Gasteiger partial charge >= 0.3 is 0 Å². The highest BCUT2D eigenvalue weighted by Crippen LogP contribution is 2.15. The summed E-state index contributed by atoms with van der Waals surface area (Å²) in [7, 11) is 0. The maximum atomic E-state index is 13.5. The highest BCUT2D eigenvalue weighted by molar-refractivity contribution is 9.10. The summed E-state index contributed by atoms with van der Waals surface area (Å²) in [5.41, 5.74) is 0.774. The van der Waals surface area contributed by atoms with Crippen molar-refractivity contribution in [3.63, 3.8) is 0 Å². The molecule has 1 saturated heterocycles. The first-order valence-corrected chi connectivity index (χ1v) is 6.93. The summed E-state index contributed by atoms with van der Waals surface area (Å²) in [5, 5.41) is 6.83. The van der Waals surface area contributed by atoms with Crippen LogP contribution in [0, 0.1) is 5.82 Å². The predicted octanol–water partition coefficient (Wildman–Crippen LogP) is 2.47. The van der Waals surface area contributed by atoms with Crippen molar-refractivity contribution in [2.45, 2.75) is 25.3 Å². The molecule has 1 aliphatic heterocycles. The van der Waals surface area contributed by atoms with E-state index in [0.717, 1.165) is 36.1 Å². The average molecular weight is 301 g/mol. The zero-order valence-electron chi connectivity index (χ0n) is 9.81. The monoisotopic (exact) mass is 300 g/mol. The third kappa shape index (κ3) is 4.05. The fourth-order valence-corrected chi connectivity index (χ4v) is 2.58. The molecule has 0 aromatic heterocycles. The van der Waals surface area contributed by atoms with E-state index in [0.29, 0.717) is 6.04 Å². The number of benzene rings is 1. The number of hydrogen-bond acceptors (Lipinski definition) is 2. The van der Waals surface area contributed by atoms with Gasteiger partial charge in [-0.3, -0.25) is 0 Å². The number of nitrogens with one attached hydrogen (secondary N) is 2. The van der Waals surface area contributed by atoms with E-state index >= 15 is 0 Å².